The number of benzene rings is 1. The largest absolute Gasteiger partial charge is 0.398 e. The summed E-state index contributed by atoms with van der Waals surface area (Å²) in [5.41, 5.74) is 8.73. The van der Waals surface area contributed by atoms with Gasteiger partial charge in [-0.3, -0.25) is 4.98 Å². The maximum Gasteiger partial charge on any atom is 0.0954 e. The average molecular weight is 336 g/mol. The number of pyridine rings is 1. The van der Waals surface area contributed by atoms with Gasteiger partial charge in [0.2, 0.25) is 0 Å². The maximum absolute atomic E-state index is 6.02. The first-order chi connectivity index (χ1) is 9.74. The summed E-state index contributed by atoms with van der Waals surface area (Å²) in [5, 5.41) is 4.47. The highest BCUT2D eigenvalue weighted by Gasteiger charge is 2.14. The molecule has 0 bridgehead atoms. The van der Waals surface area contributed by atoms with E-state index in [-0.39, 0.29) is 0 Å². The van der Waals surface area contributed by atoms with Gasteiger partial charge in [0.1, 0.15) is 0 Å². The number of nitrogens with one attached hydrogen (secondary N) is 1. The van der Waals surface area contributed by atoms with Gasteiger partial charge in [0.15, 0.2) is 0 Å². The van der Waals surface area contributed by atoms with Crippen molar-refractivity contribution in [3.63, 3.8) is 0 Å². The van der Waals surface area contributed by atoms with Crippen molar-refractivity contribution in [2.45, 2.75) is 12.8 Å². The van der Waals surface area contributed by atoms with Crippen molar-refractivity contribution in [1.29, 1.82) is 0 Å². The van der Waals surface area contributed by atoms with Gasteiger partial charge in [0.25, 0.3) is 0 Å². The Morgan fingerprint density at radius 1 is 1.45 bits per heavy atom. The van der Waals surface area contributed by atoms with Gasteiger partial charge in [0, 0.05) is 34.9 Å². The predicted molar refractivity (Wildman–Crippen MR) is 85.9 cm³/mol. The molecule has 5 heteroatoms. The molecule has 1 aromatic carbocycles. The van der Waals surface area contributed by atoms with Gasteiger partial charge in [0.05, 0.1) is 17.8 Å². The minimum atomic E-state index is 0.576. The summed E-state index contributed by atoms with van der Waals surface area (Å²) in [4.78, 5) is 4.48. The zero-order valence-electron chi connectivity index (χ0n) is 11.2. The lowest BCUT2D eigenvalue weighted by atomic mass is 10.0. The van der Waals surface area contributed by atoms with E-state index in [1.165, 1.54) is 6.42 Å². The monoisotopic (exact) mass is 335 g/mol. The Hall–Kier alpha value is -1.33. The highest BCUT2D eigenvalue weighted by molar-refractivity contribution is 9.10. The van der Waals surface area contributed by atoms with Crippen LogP contribution in [0, 0.1) is 5.92 Å². The lowest BCUT2D eigenvalue weighted by molar-refractivity contribution is 0.0595. The van der Waals surface area contributed by atoms with Crippen LogP contribution in [-0.4, -0.2) is 24.7 Å². The second-order valence-electron chi connectivity index (χ2n) is 5.22. The second-order valence-corrected chi connectivity index (χ2v) is 6.13. The third-order valence-electron chi connectivity index (χ3n) is 3.69. The van der Waals surface area contributed by atoms with E-state index in [1.807, 2.05) is 18.2 Å². The van der Waals surface area contributed by atoms with Crippen LogP contribution in [0.5, 0.6) is 0 Å². The Labute approximate surface area is 126 Å². The van der Waals surface area contributed by atoms with Crippen molar-refractivity contribution in [3.8, 4) is 0 Å². The normalized spacial score (nSPS) is 19.1. The topological polar surface area (TPSA) is 60.2 Å². The molecular formula is C15H18BrN3O. The molecule has 1 unspecified atom stereocenters. The fourth-order valence-corrected chi connectivity index (χ4v) is 2.91. The van der Waals surface area contributed by atoms with Crippen molar-refractivity contribution in [2.75, 3.05) is 30.8 Å². The number of nitrogens with zero attached hydrogens (tertiary/aromatic N) is 1. The molecule has 0 amide bonds. The molecule has 106 valence electrons. The number of fused-ring (bicyclic) bond motifs is 1. The number of rotatable bonds is 3. The molecule has 1 aliphatic rings. The van der Waals surface area contributed by atoms with Crippen molar-refractivity contribution >= 4 is 38.2 Å². The third kappa shape index (κ3) is 2.88. The highest BCUT2D eigenvalue weighted by atomic mass is 79.9. The van der Waals surface area contributed by atoms with Crippen LogP contribution in [0.1, 0.15) is 12.8 Å². The smallest absolute Gasteiger partial charge is 0.0954 e. The van der Waals surface area contributed by atoms with Crippen LogP contribution >= 0.6 is 15.9 Å². The number of nitrogens with two attached hydrogens (primary N) is 1. The molecule has 2 aromatic rings. The van der Waals surface area contributed by atoms with E-state index in [1.54, 1.807) is 6.20 Å². The standard InChI is InChI=1S/C15H18BrN3O/c16-11-6-12-13(17)3-4-14(15(12)19-8-11)18-7-10-2-1-5-20-9-10/h3-4,6,8,10,18H,1-2,5,7,9,17H2. The first-order valence-electron chi connectivity index (χ1n) is 6.89. The Bertz CT molecular complexity index is 611. The average Bonchev–Trinajstić information content (AvgIpc) is 2.48. The molecular weight excluding hydrogens is 318 g/mol. The quantitative estimate of drug-likeness (QED) is 0.843. The lowest BCUT2D eigenvalue weighted by Gasteiger charge is -2.23. The molecule has 3 N–H and O–H groups in total. The van der Waals surface area contributed by atoms with Crippen molar-refractivity contribution in [1.82, 2.24) is 4.98 Å². The van der Waals surface area contributed by atoms with E-state index in [0.29, 0.717) is 5.92 Å². The van der Waals surface area contributed by atoms with Gasteiger partial charge in [-0.15, -0.1) is 0 Å². The summed E-state index contributed by atoms with van der Waals surface area (Å²) >= 11 is 3.44. The number of anilines is 2. The predicted octanol–water partition coefficient (Wildman–Crippen LogP) is 3.42. The summed E-state index contributed by atoms with van der Waals surface area (Å²) in [7, 11) is 0. The number of nitrogen functional groups attached to an aromatic ring is 1. The fraction of sp³-hybridized carbons (Fsp3) is 0.400. The molecule has 1 aromatic heterocycles. The molecule has 1 atom stereocenters. The second kappa shape index (κ2) is 5.97. The van der Waals surface area contributed by atoms with E-state index in [4.69, 9.17) is 10.5 Å². The minimum absolute atomic E-state index is 0.576. The number of halogens is 1. The first-order valence-corrected chi connectivity index (χ1v) is 7.68. The number of hydrogen-bond donors (Lipinski definition) is 2. The molecule has 3 rings (SSSR count). The van der Waals surface area contributed by atoms with Gasteiger partial charge in [-0.05, 0) is 52.9 Å². The fourth-order valence-electron chi connectivity index (χ4n) is 2.58. The SMILES string of the molecule is Nc1ccc(NCC2CCCOC2)c2ncc(Br)cc12. The maximum atomic E-state index is 6.02. The molecule has 20 heavy (non-hydrogen) atoms. The van der Waals surface area contributed by atoms with E-state index in [9.17, 15) is 0 Å². The number of ether oxygens (including phenoxy) is 1. The van der Waals surface area contributed by atoms with Crippen molar-refractivity contribution in [3.05, 3.63) is 28.9 Å². The Kier molecular flexibility index (Phi) is 4.08. The van der Waals surface area contributed by atoms with Crippen LogP contribution in [0.25, 0.3) is 10.9 Å². The molecule has 0 saturated carbocycles. The molecule has 0 radical (unpaired) electrons. The number of hydrogen-bond acceptors (Lipinski definition) is 4. The molecule has 0 spiro atoms. The van der Waals surface area contributed by atoms with Crippen LogP contribution < -0.4 is 11.1 Å². The van der Waals surface area contributed by atoms with Crippen molar-refractivity contribution in [2.24, 2.45) is 5.92 Å². The summed E-state index contributed by atoms with van der Waals surface area (Å²) in [6.45, 7) is 2.66. The molecule has 1 saturated heterocycles. The summed E-state index contributed by atoms with van der Waals surface area (Å²) < 4.78 is 6.45. The van der Waals surface area contributed by atoms with Crippen LogP contribution in [0.2, 0.25) is 0 Å². The zero-order valence-corrected chi connectivity index (χ0v) is 12.8. The van der Waals surface area contributed by atoms with E-state index >= 15 is 0 Å². The van der Waals surface area contributed by atoms with Gasteiger partial charge < -0.3 is 15.8 Å². The lowest BCUT2D eigenvalue weighted by Crippen LogP contribution is -2.24. The van der Waals surface area contributed by atoms with Gasteiger partial charge in [-0.1, -0.05) is 0 Å². The Balaban J connectivity index is 1.82. The van der Waals surface area contributed by atoms with Gasteiger partial charge >= 0.3 is 0 Å². The minimum Gasteiger partial charge on any atom is -0.398 e. The zero-order chi connectivity index (χ0) is 13.9. The molecule has 4 nitrogen and oxygen atoms in total. The summed E-state index contributed by atoms with van der Waals surface area (Å²) in [6, 6.07) is 5.94. The molecule has 1 aliphatic heterocycles. The molecule has 2 heterocycles. The third-order valence-corrected chi connectivity index (χ3v) is 4.12. The van der Waals surface area contributed by atoms with Crippen LogP contribution in [0.4, 0.5) is 11.4 Å². The van der Waals surface area contributed by atoms with E-state index in [0.717, 1.165) is 52.9 Å². The van der Waals surface area contributed by atoms with E-state index in [2.05, 4.69) is 26.2 Å². The summed E-state index contributed by atoms with van der Waals surface area (Å²) in [6.07, 6.45) is 4.18. The molecule has 0 aliphatic carbocycles. The Morgan fingerprint density at radius 3 is 3.15 bits per heavy atom. The Morgan fingerprint density at radius 2 is 2.35 bits per heavy atom. The van der Waals surface area contributed by atoms with Gasteiger partial charge in [-0.2, -0.15) is 0 Å². The van der Waals surface area contributed by atoms with Gasteiger partial charge in [-0.25, -0.2) is 0 Å². The molecule has 1 fully saturated rings. The van der Waals surface area contributed by atoms with Crippen LogP contribution in [0.15, 0.2) is 28.9 Å². The van der Waals surface area contributed by atoms with Crippen LogP contribution in [0.3, 0.4) is 0 Å². The summed E-state index contributed by atoms with van der Waals surface area (Å²) in [5.74, 6) is 0.576. The highest BCUT2D eigenvalue weighted by Crippen LogP contribution is 2.29. The van der Waals surface area contributed by atoms with E-state index < -0.39 is 0 Å². The van der Waals surface area contributed by atoms with Crippen LogP contribution in [-0.2, 0) is 4.74 Å². The van der Waals surface area contributed by atoms with Crippen molar-refractivity contribution < 1.29 is 4.74 Å². The first kappa shape index (κ1) is 13.6. The number of aromatic nitrogens is 1.